The van der Waals surface area contributed by atoms with Crippen LogP contribution in [0.2, 0.25) is 0 Å². The van der Waals surface area contributed by atoms with E-state index in [4.69, 9.17) is 0 Å². The van der Waals surface area contributed by atoms with E-state index in [1.807, 2.05) is 37.1 Å². The molecule has 4 N–H and O–H groups in total. The first-order valence-electron chi connectivity index (χ1n) is 8.70. The van der Waals surface area contributed by atoms with E-state index in [2.05, 4.69) is 28.5 Å². The standard InChI is InChI=1S/C19H25N3O2/c1-3-22(4-2)19(24)14-10-16(17(12-23)21-11-14)15-7-5-6-13-8-9-20-18(13)15/h5-10,14,17,20-21,23H,3-4,11-12H2,1-2H3/p+1. The van der Waals surface area contributed by atoms with E-state index in [9.17, 15) is 9.90 Å². The van der Waals surface area contributed by atoms with Gasteiger partial charge in [0.05, 0.1) is 18.7 Å². The summed E-state index contributed by atoms with van der Waals surface area (Å²) in [6.07, 6.45) is 3.99. The van der Waals surface area contributed by atoms with Gasteiger partial charge in [0.1, 0.15) is 12.0 Å². The molecule has 2 unspecified atom stereocenters. The number of carbonyl (C=O) groups excluding carboxylic acids is 1. The summed E-state index contributed by atoms with van der Waals surface area (Å²) >= 11 is 0. The molecule has 0 radical (unpaired) electrons. The van der Waals surface area contributed by atoms with E-state index < -0.39 is 0 Å². The monoisotopic (exact) mass is 328 g/mol. The molecule has 24 heavy (non-hydrogen) atoms. The maximum atomic E-state index is 12.7. The van der Waals surface area contributed by atoms with E-state index in [0.717, 1.165) is 35.1 Å². The van der Waals surface area contributed by atoms with Crippen LogP contribution in [0.5, 0.6) is 0 Å². The van der Waals surface area contributed by atoms with Gasteiger partial charge in [0.15, 0.2) is 0 Å². The summed E-state index contributed by atoms with van der Waals surface area (Å²) in [5, 5.41) is 13.0. The smallest absolute Gasteiger partial charge is 0.235 e. The number of aliphatic hydroxyl groups is 1. The average Bonchev–Trinajstić information content (AvgIpc) is 3.10. The Labute approximate surface area is 142 Å². The number of nitrogens with one attached hydrogen (secondary N) is 1. The fourth-order valence-corrected chi connectivity index (χ4v) is 3.58. The van der Waals surface area contributed by atoms with Gasteiger partial charge >= 0.3 is 0 Å². The highest BCUT2D eigenvalue weighted by atomic mass is 16.3. The van der Waals surface area contributed by atoms with Crippen LogP contribution in [0.1, 0.15) is 19.4 Å². The number of amides is 1. The molecule has 3 rings (SSSR count). The highest BCUT2D eigenvalue weighted by Crippen LogP contribution is 2.28. The number of benzene rings is 1. The molecule has 128 valence electrons. The Morgan fingerprint density at radius 1 is 1.33 bits per heavy atom. The number of aromatic amines is 1. The van der Waals surface area contributed by atoms with Crippen molar-refractivity contribution in [3.05, 3.63) is 42.1 Å². The van der Waals surface area contributed by atoms with Crippen molar-refractivity contribution in [1.82, 2.24) is 9.88 Å². The van der Waals surface area contributed by atoms with Gasteiger partial charge in [-0.15, -0.1) is 0 Å². The third-order valence-corrected chi connectivity index (χ3v) is 4.94. The second-order valence-electron chi connectivity index (χ2n) is 6.25. The molecule has 0 spiro atoms. The number of aromatic nitrogens is 1. The van der Waals surface area contributed by atoms with Crippen LogP contribution < -0.4 is 5.32 Å². The Morgan fingerprint density at radius 3 is 2.83 bits per heavy atom. The van der Waals surface area contributed by atoms with Crippen molar-refractivity contribution in [3.8, 4) is 0 Å². The van der Waals surface area contributed by atoms with Crippen LogP contribution in [0.3, 0.4) is 0 Å². The molecule has 2 aromatic rings. The number of rotatable bonds is 5. The zero-order chi connectivity index (χ0) is 17.1. The summed E-state index contributed by atoms with van der Waals surface area (Å²) in [7, 11) is 0. The average molecular weight is 328 g/mol. The molecular weight excluding hydrogens is 302 g/mol. The zero-order valence-electron chi connectivity index (χ0n) is 14.3. The van der Waals surface area contributed by atoms with Gasteiger partial charge in [-0.2, -0.15) is 0 Å². The maximum absolute atomic E-state index is 12.7. The largest absolute Gasteiger partial charge is 0.390 e. The third kappa shape index (κ3) is 2.97. The molecule has 0 aliphatic carbocycles. The molecule has 5 nitrogen and oxygen atoms in total. The number of aliphatic hydroxyl groups excluding tert-OH is 1. The van der Waals surface area contributed by atoms with Gasteiger partial charge in [-0.25, -0.2) is 0 Å². The molecule has 2 atom stereocenters. The molecule has 0 saturated carbocycles. The summed E-state index contributed by atoms with van der Waals surface area (Å²) in [4.78, 5) is 17.9. The summed E-state index contributed by atoms with van der Waals surface area (Å²) in [6.45, 7) is 6.22. The molecule has 2 heterocycles. The first kappa shape index (κ1) is 16.7. The number of para-hydroxylation sites is 1. The van der Waals surface area contributed by atoms with E-state index in [1.54, 1.807) is 0 Å². The SMILES string of the molecule is CCN(CC)C(=O)C1C=C(c2cccc3cc[nH]c23)C(CO)[NH2+]C1. The zero-order valence-corrected chi connectivity index (χ0v) is 14.3. The lowest BCUT2D eigenvalue weighted by molar-refractivity contribution is -0.682. The lowest BCUT2D eigenvalue weighted by Crippen LogP contribution is -2.93. The van der Waals surface area contributed by atoms with Crippen molar-refractivity contribution in [2.75, 3.05) is 26.2 Å². The molecule has 0 saturated heterocycles. The quantitative estimate of drug-likeness (QED) is 0.765. The Bertz CT molecular complexity index is 746. The van der Waals surface area contributed by atoms with Crippen LogP contribution in [-0.4, -0.2) is 53.2 Å². The Morgan fingerprint density at radius 2 is 2.12 bits per heavy atom. The van der Waals surface area contributed by atoms with Crippen LogP contribution in [-0.2, 0) is 4.79 Å². The van der Waals surface area contributed by atoms with E-state index in [1.165, 1.54) is 0 Å². The molecule has 1 aliphatic rings. The van der Waals surface area contributed by atoms with Gasteiger partial charge < -0.3 is 20.3 Å². The molecule has 5 heteroatoms. The maximum Gasteiger partial charge on any atom is 0.235 e. The Kier molecular flexibility index (Phi) is 5.02. The van der Waals surface area contributed by atoms with Gasteiger partial charge in [0.25, 0.3) is 0 Å². The van der Waals surface area contributed by atoms with E-state index in [-0.39, 0.29) is 24.5 Å². The topological polar surface area (TPSA) is 72.9 Å². The Hall–Kier alpha value is -2.11. The fraction of sp³-hybridized carbons (Fsp3) is 0.421. The van der Waals surface area contributed by atoms with Crippen molar-refractivity contribution in [3.63, 3.8) is 0 Å². The number of fused-ring (bicyclic) bond motifs is 1. The van der Waals surface area contributed by atoms with Crippen LogP contribution in [0, 0.1) is 5.92 Å². The molecule has 1 aliphatic heterocycles. The number of nitrogens with two attached hydrogens (primary N) is 1. The van der Waals surface area contributed by atoms with Crippen LogP contribution in [0.15, 0.2) is 36.5 Å². The minimum absolute atomic E-state index is 0.0281. The molecule has 1 aromatic carbocycles. The minimum atomic E-state index is -0.145. The summed E-state index contributed by atoms with van der Waals surface area (Å²) < 4.78 is 0. The minimum Gasteiger partial charge on any atom is -0.390 e. The lowest BCUT2D eigenvalue weighted by Gasteiger charge is -2.29. The Balaban J connectivity index is 2.02. The molecule has 0 bridgehead atoms. The van der Waals surface area contributed by atoms with Crippen LogP contribution >= 0.6 is 0 Å². The first-order valence-corrected chi connectivity index (χ1v) is 8.70. The number of H-pyrrole nitrogens is 1. The van der Waals surface area contributed by atoms with Gasteiger partial charge in [0, 0.05) is 30.4 Å². The predicted molar refractivity (Wildman–Crippen MR) is 95.4 cm³/mol. The molecule has 1 amide bonds. The summed E-state index contributed by atoms with van der Waals surface area (Å²) in [5.74, 6) is 0.0247. The second-order valence-corrected chi connectivity index (χ2v) is 6.25. The number of nitrogens with zero attached hydrogens (tertiary/aromatic N) is 1. The predicted octanol–water partition coefficient (Wildman–Crippen LogP) is 0.974. The number of quaternary nitrogens is 1. The summed E-state index contributed by atoms with van der Waals surface area (Å²) in [6, 6.07) is 8.16. The van der Waals surface area contributed by atoms with Crippen molar-refractivity contribution in [2.24, 2.45) is 5.92 Å². The first-order chi connectivity index (χ1) is 11.7. The van der Waals surface area contributed by atoms with Gasteiger partial charge in [-0.05, 0) is 25.3 Å². The molecular formula is C19H26N3O2+. The molecule has 1 aromatic heterocycles. The fourth-order valence-electron chi connectivity index (χ4n) is 3.58. The van der Waals surface area contributed by atoms with Gasteiger partial charge in [0.2, 0.25) is 5.91 Å². The van der Waals surface area contributed by atoms with Gasteiger partial charge in [-0.3, -0.25) is 4.79 Å². The number of carbonyl (C=O) groups is 1. The van der Waals surface area contributed by atoms with Crippen LogP contribution in [0.25, 0.3) is 16.5 Å². The van der Waals surface area contributed by atoms with Crippen molar-refractivity contribution < 1.29 is 15.2 Å². The van der Waals surface area contributed by atoms with Crippen LogP contribution in [0.4, 0.5) is 0 Å². The second kappa shape index (κ2) is 7.20. The van der Waals surface area contributed by atoms with Crippen molar-refractivity contribution in [1.29, 1.82) is 0 Å². The molecule has 0 fully saturated rings. The van der Waals surface area contributed by atoms with Crippen molar-refractivity contribution in [2.45, 2.75) is 19.9 Å². The summed E-state index contributed by atoms with van der Waals surface area (Å²) in [5.41, 5.74) is 3.18. The highest BCUT2D eigenvalue weighted by Gasteiger charge is 2.32. The van der Waals surface area contributed by atoms with Gasteiger partial charge in [-0.1, -0.05) is 24.3 Å². The number of hydrogen-bond donors (Lipinski definition) is 3. The van der Waals surface area contributed by atoms with Crippen molar-refractivity contribution >= 4 is 22.4 Å². The van der Waals surface area contributed by atoms with E-state index in [0.29, 0.717) is 6.54 Å². The highest BCUT2D eigenvalue weighted by molar-refractivity contribution is 5.93. The number of hydrogen-bond acceptors (Lipinski definition) is 2. The lowest BCUT2D eigenvalue weighted by atomic mass is 9.89. The normalized spacial score (nSPS) is 20.9. The third-order valence-electron chi connectivity index (χ3n) is 4.94. The van der Waals surface area contributed by atoms with E-state index >= 15 is 0 Å².